The standard InChI is InChI=1S/C18H26FNO/c1-21-18-10-7-14(19)11-17(18)16-6-4-2-3-5-13(16)12-20-15-8-9-15/h7,10-11,13,15-16,20H,2-6,8-9,12H2,1H3. The van der Waals surface area contributed by atoms with E-state index in [0.717, 1.165) is 30.3 Å². The Kier molecular flexibility index (Phi) is 4.79. The summed E-state index contributed by atoms with van der Waals surface area (Å²) in [5.74, 6) is 1.72. The average molecular weight is 291 g/mol. The number of nitrogens with one attached hydrogen (secondary N) is 1. The van der Waals surface area contributed by atoms with Crippen molar-refractivity contribution in [1.82, 2.24) is 5.32 Å². The fourth-order valence-corrected chi connectivity index (χ4v) is 3.64. The maximum Gasteiger partial charge on any atom is 0.123 e. The quantitative estimate of drug-likeness (QED) is 0.819. The molecule has 2 atom stereocenters. The van der Waals surface area contributed by atoms with E-state index in [-0.39, 0.29) is 5.82 Å². The molecule has 0 aromatic heterocycles. The lowest BCUT2D eigenvalue weighted by atomic mass is 9.82. The highest BCUT2D eigenvalue weighted by Crippen LogP contribution is 2.40. The van der Waals surface area contributed by atoms with Crippen LogP contribution in [0.3, 0.4) is 0 Å². The van der Waals surface area contributed by atoms with Crippen LogP contribution in [0.5, 0.6) is 5.75 Å². The van der Waals surface area contributed by atoms with Crippen LogP contribution in [0.15, 0.2) is 18.2 Å². The Bertz CT molecular complexity index is 472. The largest absolute Gasteiger partial charge is 0.496 e. The van der Waals surface area contributed by atoms with Crippen molar-refractivity contribution in [3.05, 3.63) is 29.6 Å². The average Bonchev–Trinajstić information content (AvgIpc) is 3.32. The zero-order chi connectivity index (χ0) is 14.7. The summed E-state index contributed by atoms with van der Waals surface area (Å²) < 4.78 is 19.2. The smallest absolute Gasteiger partial charge is 0.123 e. The summed E-state index contributed by atoms with van der Waals surface area (Å²) in [6.07, 6.45) is 8.87. The van der Waals surface area contributed by atoms with Crippen LogP contribution >= 0.6 is 0 Å². The molecule has 116 valence electrons. The van der Waals surface area contributed by atoms with Crippen molar-refractivity contribution >= 4 is 0 Å². The minimum absolute atomic E-state index is 0.149. The van der Waals surface area contributed by atoms with Crippen LogP contribution < -0.4 is 10.1 Å². The molecule has 2 saturated carbocycles. The van der Waals surface area contributed by atoms with E-state index >= 15 is 0 Å². The summed E-state index contributed by atoms with van der Waals surface area (Å²) >= 11 is 0. The van der Waals surface area contributed by atoms with Crippen LogP contribution in [0, 0.1) is 11.7 Å². The van der Waals surface area contributed by atoms with E-state index in [1.54, 1.807) is 19.2 Å². The van der Waals surface area contributed by atoms with E-state index in [9.17, 15) is 4.39 Å². The zero-order valence-electron chi connectivity index (χ0n) is 12.9. The van der Waals surface area contributed by atoms with Gasteiger partial charge in [-0.2, -0.15) is 0 Å². The van der Waals surface area contributed by atoms with Crippen LogP contribution in [0.2, 0.25) is 0 Å². The molecular formula is C18H26FNO. The number of ether oxygens (including phenoxy) is 1. The number of halogens is 1. The minimum atomic E-state index is -0.149. The molecular weight excluding hydrogens is 265 g/mol. The van der Waals surface area contributed by atoms with Crippen LogP contribution in [-0.4, -0.2) is 19.7 Å². The van der Waals surface area contributed by atoms with Gasteiger partial charge in [-0.25, -0.2) is 4.39 Å². The Morgan fingerprint density at radius 2 is 1.95 bits per heavy atom. The zero-order valence-corrected chi connectivity index (χ0v) is 12.9. The SMILES string of the molecule is COc1ccc(F)cc1C1CCCCCC1CNC1CC1. The number of hydrogen-bond acceptors (Lipinski definition) is 2. The van der Waals surface area contributed by atoms with Gasteiger partial charge in [-0.1, -0.05) is 19.3 Å². The molecule has 2 aliphatic rings. The summed E-state index contributed by atoms with van der Waals surface area (Å²) in [5, 5.41) is 3.67. The number of benzene rings is 1. The predicted octanol–water partition coefficient (Wildman–Crippen LogP) is 4.25. The molecule has 0 radical (unpaired) electrons. The highest BCUT2D eigenvalue weighted by atomic mass is 19.1. The fourth-order valence-electron chi connectivity index (χ4n) is 3.64. The van der Waals surface area contributed by atoms with Gasteiger partial charge in [-0.05, 0) is 62.3 Å². The van der Waals surface area contributed by atoms with Crippen molar-refractivity contribution in [2.24, 2.45) is 5.92 Å². The Balaban J connectivity index is 1.81. The molecule has 0 spiro atoms. The molecule has 2 aliphatic carbocycles. The lowest BCUT2D eigenvalue weighted by Gasteiger charge is -2.27. The Morgan fingerprint density at radius 1 is 1.14 bits per heavy atom. The third kappa shape index (κ3) is 3.76. The normalized spacial score (nSPS) is 26.4. The fraction of sp³-hybridized carbons (Fsp3) is 0.667. The van der Waals surface area contributed by atoms with Gasteiger partial charge in [0.15, 0.2) is 0 Å². The van der Waals surface area contributed by atoms with E-state index in [1.807, 2.05) is 0 Å². The van der Waals surface area contributed by atoms with Crippen molar-refractivity contribution in [3.63, 3.8) is 0 Å². The van der Waals surface area contributed by atoms with E-state index in [0.29, 0.717) is 11.8 Å². The van der Waals surface area contributed by atoms with Gasteiger partial charge >= 0.3 is 0 Å². The number of rotatable bonds is 5. The lowest BCUT2D eigenvalue weighted by Crippen LogP contribution is -2.28. The maximum absolute atomic E-state index is 13.7. The van der Waals surface area contributed by atoms with E-state index in [2.05, 4.69) is 5.32 Å². The maximum atomic E-state index is 13.7. The van der Waals surface area contributed by atoms with Crippen molar-refractivity contribution in [2.45, 2.75) is 56.9 Å². The highest BCUT2D eigenvalue weighted by molar-refractivity contribution is 5.37. The first-order valence-electron chi connectivity index (χ1n) is 8.34. The Hall–Kier alpha value is -1.09. The van der Waals surface area contributed by atoms with Gasteiger partial charge in [0.2, 0.25) is 0 Å². The monoisotopic (exact) mass is 291 g/mol. The molecule has 21 heavy (non-hydrogen) atoms. The molecule has 0 saturated heterocycles. The topological polar surface area (TPSA) is 21.3 Å². The molecule has 2 nitrogen and oxygen atoms in total. The summed E-state index contributed by atoms with van der Waals surface area (Å²) in [4.78, 5) is 0. The molecule has 0 bridgehead atoms. The molecule has 3 rings (SSSR count). The molecule has 1 aromatic rings. The van der Waals surface area contributed by atoms with Crippen LogP contribution in [-0.2, 0) is 0 Å². The highest BCUT2D eigenvalue weighted by Gasteiger charge is 2.29. The van der Waals surface area contributed by atoms with Gasteiger partial charge in [0.25, 0.3) is 0 Å². The van der Waals surface area contributed by atoms with E-state index in [4.69, 9.17) is 4.74 Å². The molecule has 2 unspecified atom stereocenters. The van der Waals surface area contributed by atoms with Crippen LogP contribution in [0.1, 0.15) is 56.4 Å². The minimum Gasteiger partial charge on any atom is -0.496 e. The van der Waals surface area contributed by atoms with Crippen LogP contribution in [0.25, 0.3) is 0 Å². The van der Waals surface area contributed by atoms with Gasteiger partial charge in [-0.3, -0.25) is 0 Å². The molecule has 1 N–H and O–H groups in total. The first kappa shape index (κ1) is 14.8. The third-order valence-corrected chi connectivity index (χ3v) is 5.00. The second-order valence-electron chi connectivity index (χ2n) is 6.57. The van der Waals surface area contributed by atoms with Crippen molar-refractivity contribution in [3.8, 4) is 5.75 Å². The van der Waals surface area contributed by atoms with Gasteiger partial charge in [0, 0.05) is 11.6 Å². The molecule has 0 heterocycles. The summed E-state index contributed by atoms with van der Waals surface area (Å²) in [5.41, 5.74) is 1.07. The summed E-state index contributed by atoms with van der Waals surface area (Å²) in [6.45, 7) is 1.06. The first-order valence-corrected chi connectivity index (χ1v) is 8.34. The van der Waals surface area contributed by atoms with Gasteiger partial charge in [-0.15, -0.1) is 0 Å². The Morgan fingerprint density at radius 3 is 2.71 bits per heavy atom. The van der Waals surface area contributed by atoms with Gasteiger partial charge in [0.05, 0.1) is 7.11 Å². The molecule has 2 fully saturated rings. The molecule has 1 aromatic carbocycles. The second kappa shape index (κ2) is 6.78. The predicted molar refractivity (Wildman–Crippen MR) is 83.3 cm³/mol. The first-order chi connectivity index (χ1) is 10.3. The number of hydrogen-bond donors (Lipinski definition) is 1. The second-order valence-corrected chi connectivity index (χ2v) is 6.57. The van der Waals surface area contributed by atoms with Crippen LogP contribution in [0.4, 0.5) is 4.39 Å². The van der Waals surface area contributed by atoms with Gasteiger partial charge in [0.1, 0.15) is 11.6 Å². The van der Waals surface area contributed by atoms with Crippen molar-refractivity contribution < 1.29 is 9.13 Å². The Labute approximate surface area is 127 Å². The summed E-state index contributed by atoms with van der Waals surface area (Å²) in [7, 11) is 1.69. The molecule has 3 heteroatoms. The molecule has 0 aliphatic heterocycles. The number of methoxy groups -OCH3 is 1. The van der Waals surface area contributed by atoms with E-state index < -0.39 is 0 Å². The lowest BCUT2D eigenvalue weighted by molar-refractivity contribution is 0.352. The van der Waals surface area contributed by atoms with Crippen molar-refractivity contribution in [1.29, 1.82) is 0 Å². The van der Waals surface area contributed by atoms with Gasteiger partial charge < -0.3 is 10.1 Å². The summed E-state index contributed by atoms with van der Waals surface area (Å²) in [6, 6.07) is 5.71. The third-order valence-electron chi connectivity index (χ3n) is 5.00. The van der Waals surface area contributed by atoms with E-state index in [1.165, 1.54) is 44.6 Å². The molecule has 0 amide bonds. The van der Waals surface area contributed by atoms with Crippen molar-refractivity contribution in [2.75, 3.05) is 13.7 Å².